The molecule has 2 saturated carbocycles. The summed E-state index contributed by atoms with van der Waals surface area (Å²) in [4.78, 5) is 24.3. The van der Waals surface area contributed by atoms with Crippen molar-refractivity contribution in [1.29, 1.82) is 0 Å². The van der Waals surface area contributed by atoms with Crippen LogP contribution in [0, 0.1) is 34.9 Å². The average molecular weight is 301 g/mol. The lowest BCUT2D eigenvalue weighted by Crippen LogP contribution is -2.36. The molecule has 1 aromatic carbocycles. The van der Waals surface area contributed by atoms with E-state index in [-0.39, 0.29) is 28.8 Å². The maximum atomic E-state index is 13.7. The van der Waals surface area contributed by atoms with Gasteiger partial charge in [0.1, 0.15) is 5.82 Å². The summed E-state index contributed by atoms with van der Waals surface area (Å²) in [6.45, 7) is 0. The molecule has 4 atom stereocenters. The first-order valence-corrected chi connectivity index (χ1v) is 7.51. The number of amides is 1. The highest BCUT2D eigenvalue weighted by molar-refractivity contribution is 5.96. The van der Waals surface area contributed by atoms with Crippen LogP contribution in [0.25, 0.3) is 0 Å². The van der Waals surface area contributed by atoms with E-state index in [4.69, 9.17) is 0 Å². The van der Waals surface area contributed by atoms with Gasteiger partial charge < -0.3 is 10.4 Å². The van der Waals surface area contributed by atoms with Crippen LogP contribution in [0.2, 0.25) is 0 Å². The number of carboxylic acid groups (broad SMARTS) is 1. The topological polar surface area (TPSA) is 66.4 Å². The Hall–Kier alpha value is -2.17. The van der Waals surface area contributed by atoms with Gasteiger partial charge in [0.05, 0.1) is 17.5 Å². The molecule has 3 aliphatic rings. The molecule has 0 radical (unpaired) electrons. The number of para-hydroxylation sites is 1. The number of allylic oxidation sites excluding steroid dienone is 2. The van der Waals surface area contributed by atoms with E-state index < -0.39 is 23.6 Å². The summed E-state index contributed by atoms with van der Waals surface area (Å²) in [5.74, 6) is -3.25. The number of nitrogens with one attached hydrogen (secondary N) is 1. The Balaban J connectivity index is 1.64. The zero-order valence-electron chi connectivity index (χ0n) is 11.8. The molecule has 2 bridgehead atoms. The summed E-state index contributed by atoms with van der Waals surface area (Å²) in [6, 6.07) is 5.94. The molecule has 0 saturated heterocycles. The van der Waals surface area contributed by atoms with Crippen molar-refractivity contribution in [2.75, 3.05) is 5.32 Å². The first-order chi connectivity index (χ1) is 10.5. The number of hydrogen-bond acceptors (Lipinski definition) is 2. The minimum atomic E-state index is -0.934. The van der Waals surface area contributed by atoms with Gasteiger partial charge in [-0.15, -0.1) is 0 Å². The molecule has 0 heterocycles. The average Bonchev–Trinajstić information content (AvgIpc) is 3.15. The van der Waals surface area contributed by atoms with E-state index in [1.165, 1.54) is 12.1 Å². The number of carboxylic acids is 1. The van der Waals surface area contributed by atoms with Crippen LogP contribution < -0.4 is 5.32 Å². The van der Waals surface area contributed by atoms with Crippen molar-refractivity contribution in [1.82, 2.24) is 0 Å². The largest absolute Gasteiger partial charge is 0.481 e. The molecule has 4 rings (SSSR count). The van der Waals surface area contributed by atoms with E-state index in [2.05, 4.69) is 5.32 Å². The van der Waals surface area contributed by atoms with Crippen LogP contribution in [-0.4, -0.2) is 17.0 Å². The van der Waals surface area contributed by atoms with Gasteiger partial charge in [-0.25, -0.2) is 4.39 Å². The van der Waals surface area contributed by atoms with E-state index in [0.717, 1.165) is 12.8 Å². The van der Waals surface area contributed by atoms with Crippen LogP contribution >= 0.6 is 0 Å². The Kier molecular flexibility index (Phi) is 2.71. The molecule has 1 amide bonds. The number of aliphatic carboxylic acids is 1. The molecule has 1 aromatic rings. The number of carbonyl (C=O) groups excluding carboxylic acids is 1. The minimum Gasteiger partial charge on any atom is -0.481 e. The maximum Gasteiger partial charge on any atom is 0.307 e. The summed E-state index contributed by atoms with van der Waals surface area (Å²) in [6.07, 6.45) is 5.90. The van der Waals surface area contributed by atoms with Crippen molar-refractivity contribution >= 4 is 17.6 Å². The third kappa shape index (κ3) is 1.68. The second kappa shape index (κ2) is 4.41. The van der Waals surface area contributed by atoms with E-state index >= 15 is 0 Å². The van der Waals surface area contributed by atoms with Gasteiger partial charge in [0, 0.05) is 0 Å². The summed E-state index contributed by atoms with van der Waals surface area (Å²) >= 11 is 0. The van der Waals surface area contributed by atoms with E-state index in [1.807, 2.05) is 12.2 Å². The smallest absolute Gasteiger partial charge is 0.307 e. The van der Waals surface area contributed by atoms with Crippen molar-refractivity contribution in [2.24, 2.45) is 29.1 Å². The second-order valence-electron chi connectivity index (χ2n) is 6.53. The Morgan fingerprint density at radius 1 is 1.14 bits per heavy atom. The molecule has 4 nitrogen and oxygen atoms in total. The number of anilines is 1. The molecule has 22 heavy (non-hydrogen) atoms. The van der Waals surface area contributed by atoms with Crippen LogP contribution in [0.5, 0.6) is 0 Å². The van der Waals surface area contributed by atoms with Crippen molar-refractivity contribution in [3.63, 3.8) is 0 Å². The lowest BCUT2D eigenvalue weighted by Gasteiger charge is -2.23. The molecule has 0 aromatic heterocycles. The Morgan fingerprint density at radius 3 is 2.36 bits per heavy atom. The zero-order chi connectivity index (χ0) is 15.5. The third-order valence-electron chi connectivity index (χ3n) is 5.56. The van der Waals surface area contributed by atoms with Gasteiger partial charge in [-0.05, 0) is 42.2 Å². The van der Waals surface area contributed by atoms with Crippen LogP contribution in [0.1, 0.15) is 12.8 Å². The fourth-order valence-corrected chi connectivity index (χ4v) is 4.47. The van der Waals surface area contributed by atoms with Crippen LogP contribution in [0.3, 0.4) is 0 Å². The molecule has 5 heteroatoms. The molecule has 2 fully saturated rings. The summed E-state index contributed by atoms with van der Waals surface area (Å²) in [7, 11) is 0. The molecule has 0 unspecified atom stereocenters. The predicted octanol–water partition coefficient (Wildman–Crippen LogP) is 2.68. The van der Waals surface area contributed by atoms with Gasteiger partial charge in [0.15, 0.2) is 0 Å². The summed E-state index contributed by atoms with van der Waals surface area (Å²) < 4.78 is 13.7. The molecule has 0 aliphatic heterocycles. The van der Waals surface area contributed by atoms with Gasteiger partial charge in [-0.1, -0.05) is 24.3 Å². The monoisotopic (exact) mass is 301 g/mol. The lowest BCUT2D eigenvalue weighted by molar-refractivity contribution is -0.146. The fourth-order valence-electron chi connectivity index (χ4n) is 4.47. The molecule has 114 valence electrons. The quantitative estimate of drug-likeness (QED) is 0.844. The number of hydrogen-bond donors (Lipinski definition) is 2. The molecular formula is C17H16FNO3. The molecule has 1 spiro atoms. The van der Waals surface area contributed by atoms with Gasteiger partial charge in [-0.2, -0.15) is 0 Å². The lowest BCUT2D eigenvalue weighted by atomic mass is 9.82. The predicted molar refractivity (Wildman–Crippen MR) is 77.4 cm³/mol. The number of halogens is 1. The number of benzene rings is 1. The minimum absolute atomic E-state index is 0.0275. The van der Waals surface area contributed by atoms with Crippen molar-refractivity contribution in [3.8, 4) is 0 Å². The highest BCUT2D eigenvalue weighted by Crippen LogP contribution is 2.72. The van der Waals surface area contributed by atoms with Crippen molar-refractivity contribution < 1.29 is 19.1 Å². The normalized spacial score (nSPS) is 33.1. The molecular weight excluding hydrogens is 285 g/mol. The maximum absolute atomic E-state index is 13.7. The zero-order valence-corrected chi connectivity index (χ0v) is 11.8. The SMILES string of the molecule is O=C(O)[C@@H]1[C@@H](C(=O)Nc2ccccc2F)[C@H]2C=C[C@H]1C21CC1. The Morgan fingerprint density at radius 2 is 1.77 bits per heavy atom. The van der Waals surface area contributed by atoms with Crippen molar-refractivity contribution in [3.05, 3.63) is 42.2 Å². The van der Waals surface area contributed by atoms with E-state index in [9.17, 15) is 19.1 Å². The van der Waals surface area contributed by atoms with E-state index in [0.29, 0.717) is 0 Å². The van der Waals surface area contributed by atoms with Crippen LogP contribution in [0.4, 0.5) is 10.1 Å². The van der Waals surface area contributed by atoms with Gasteiger partial charge >= 0.3 is 5.97 Å². The molecule has 3 aliphatic carbocycles. The fraction of sp³-hybridized carbons (Fsp3) is 0.412. The van der Waals surface area contributed by atoms with Crippen LogP contribution in [-0.2, 0) is 9.59 Å². The first-order valence-electron chi connectivity index (χ1n) is 7.51. The highest BCUT2D eigenvalue weighted by atomic mass is 19.1. The second-order valence-corrected chi connectivity index (χ2v) is 6.53. The van der Waals surface area contributed by atoms with Crippen LogP contribution in [0.15, 0.2) is 36.4 Å². The van der Waals surface area contributed by atoms with Gasteiger partial charge in [0.25, 0.3) is 0 Å². The number of rotatable bonds is 3. The first kappa shape index (κ1) is 13.5. The summed E-state index contributed by atoms with van der Waals surface area (Å²) in [5.41, 5.74) is 0.0774. The van der Waals surface area contributed by atoms with E-state index in [1.54, 1.807) is 12.1 Å². The number of carbonyl (C=O) groups is 2. The third-order valence-corrected chi connectivity index (χ3v) is 5.56. The summed E-state index contributed by atoms with van der Waals surface area (Å²) in [5, 5.41) is 12.1. The van der Waals surface area contributed by atoms with Gasteiger partial charge in [0.2, 0.25) is 5.91 Å². The highest BCUT2D eigenvalue weighted by Gasteiger charge is 2.70. The van der Waals surface area contributed by atoms with Crippen molar-refractivity contribution in [2.45, 2.75) is 12.8 Å². The molecule has 2 N–H and O–H groups in total. The standard InChI is InChI=1S/C17H16FNO3/c18-11-3-1-2-4-12(11)19-15(20)13-9-5-6-10(14(13)16(21)22)17(9)7-8-17/h1-6,9-10,13-14H,7-8H2,(H,19,20)(H,21,22)/t9-,10-,13+,14+/m1/s1. The Bertz CT molecular complexity index is 695. The van der Waals surface area contributed by atoms with Gasteiger partial charge in [-0.3, -0.25) is 9.59 Å². The Labute approximate surface area is 127 Å².